The summed E-state index contributed by atoms with van der Waals surface area (Å²) in [5.74, 6) is 0. The monoisotopic (exact) mass is 187 g/mol. The first-order valence-electron chi connectivity index (χ1n) is 5.21. The maximum absolute atomic E-state index is 3.83. The lowest BCUT2D eigenvalue weighted by molar-refractivity contribution is 0.631. The molecule has 2 unspecified atom stereocenters. The Morgan fingerprint density at radius 2 is 2.29 bits per heavy atom. The van der Waals surface area contributed by atoms with Gasteiger partial charge in [0.15, 0.2) is 0 Å². The largest absolute Gasteiger partial charge is 0.296 e. The van der Waals surface area contributed by atoms with Crippen LogP contribution < -0.4 is 0 Å². The second-order valence-electron chi connectivity index (χ2n) is 3.97. The highest BCUT2D eigenvalue weighted by molar-refractivity contribution is 5.53. The number of hydrogen-bond donors (Lipinski definition) is 0. The first-order chi connectivity index (χ1) is 6.76. The predicted octanol–water partition coefficient (Wildman–Crippen LogP) is 2.88. The number of likely N-dealkylation sites (N-methyl/N-ethyl adjacent to an activating group) is 1. The molecule has 0 saturated carbocycles. The van der Waals surface area contributed by atoms with Gasteiger partial charge in [0, 0.05) is 12.6 Å². The van der Waals surface area contributed by atoms with E-state index in [1.54, 1.807) is 0 Å². The van der Waals surface area contributed by atoms with E-state index in [-0.39, 0.29) is 0 Å². The maximum Gasteiger partial charge on any atom is 0.0473 e. The van der Waals surface area contributed by atoms with Crippen LogP contribution in [0.2, 0.25) is 0 Å². The highest BCUT2D eigenvalue weighted by Crippen LogP contribution is 2.33. The van der Waals surface area contributed by atoms with E-state index in [0.29, 0.717) is 6.04 Å². The van der Waals surface area contributed by atoms with Gasteiger partial charge in [-0.05, 0) is 30.2 Å². The molecule has 0 amide bonds. The minimum atomic E-state index is 0.666. The molecule has 1 aromatic carbocycles. The highest BCUT2D eigenvalue weighted by atomic mass is 15.3. The zero-order valence-corrected chi connectivity index (χ0v) is 8.96. The van der Waals surface area contributed by atoms with Crippen molar-refractivity contribution < 1.29 is 0 Å². The lowest BCUT2D eigenvalue weighted by Crippen LogP contribution is -1.92. The Hall–Kier alpha value is -1.08. The van der Waals surface area contributed by atoms with Crippen LogP contribution in [0.3, 0.4) is 0 Å². The van der Waals surface area contributed by atoms with Gasteiger partial charge in [-0.15, -0.1) is 0 Å². The SMILES string of the molecule is C=Cc1ccc(C2CN2C)cc1CC. The summed E-state index contributed by atoms with van der Waals surface area (Å²) in [5.41, 5.74) is 4.15. The van der Waals surface area contributed by atoms with Crippen LogP contribution in [0.4, 0.5) is 0 Å². The molecule has 1 heteroatoms. The van der Waals surface area contributed by atoms with Crippen molar-refractivity contribution in [3.8, 4) is 0 Å². The third-order valence-corrected chi connectivity index (χ3v) is 3.01. The fraction of sp³-hybridized carbons (Fsp3) is 0.385. The molecule has 1 fully saturated rings. The predicted molar refractivity (Wildman–Crippen MR) is 61.3 cm³/mol. The molecule has 0 aromatic heterocycles. The molecule has 1 aromatic rings. The van der Waals surface area contributed by atoms with E-state index in [9.17, 15) is 0 Å². The first-order valence-corrected chi connectivity index (χ1v) is 5.21. The molecular formula is C13H17N. The molecule has 0 N–H and O–H groups in total. The van der Waals surface area contributed by atoms with Gasteiger partial charge in [-0.3, -0.25) is 4.90 Å². The van der Waals surface area contributed by atoms with Gasteiger partial charge >= 0.3 is 0 Å². The summed E-state index contributed by atoms with van der Waals surface area (Å²) in [6, 6.07) is 7.40. The molecule has 0 spiro atoms. The van der Waals surface area contributed by atoms with Gasteiger partial charge in [0.25, 0.3) is 0 Å². The van der Waals surface area contributed by atoms with Crippen LogP contribution >= 0.6 is 0 Å². The standard InChI is InChI=1S/C13H17N/c1-4-10-6-7-12(8-11(10)5-2)13-9-14(13)3/h4,6-8,13H,1,5,9H2,2-3H3. The molecule has 0 radical (unpaired) electrons. The maximum atomic E-state index is 3.83. The number of aryl methyl sites for hydroxylation is 1. The average molecular weight is 187 g/mol. The summed E-state index contributed by atoms with van der Waals surface area (Å²) in [4.78, 5) is 2.35. The topological polar surface area (TPSA) is 3.01 Å². The summed E-state index contributed by atoms with van der Waals surface area (Å²) in [6.45, 7) is 7.24. The lowest BCUT2D eigenvalue weighted by atomic mass is 10.0. The van der Waals surface area contributed by atoms with Crippen LogP contribution in [0, 0.1) is 0 Å². The Labute approximate surface area is 86.1 Å². The van der Waals surface area contributed by atoms with Crippen molar-refractivity contribution in [1.82, 2.24) is 4.90 Å². The second kappa shape index (κ2) is 3.58. The normalized spacial score (nSPS) is 24.7. The van der Waals surface area contributed by atoms with E-state index < -0.39 is 0 Å². The smallest absolute Gasteiger partial charge is 0.0473 e. The Balaban J connectivity index is 2.32. The first kappa shape index (κ1) is 9.47. The molecule has 1 heterocycles. The van der Waals surface area contributed by atoms with Crippen molar-refractivity contribution >= 4 is 6.08 Å². The molecule has 1 saturated heterocycles. The number of nitrogens with zero attached hydrogens (tertiary/aromatic N) is 1. The van der Waals surface area contributed by atoms with E-state index >= 15 is 0 Å². The lowest BCUT2D eigenvalue weighted by Gasteiger charge is -2.06. The van der Waals surface area contributed by atoms with Crippen molar-refractivity contribution in [1.29, 1.82) is 0 Å². The Kier molecular flexibility index (Phi) is 2.42. The molecule has 2 rings (SSSR count). The second-order valence-corrected chi connectivity index (χ2v) is 3.97. The fourth-order valence-corrected chi connectivity index (χ4v) is 1.92. The third-order valence-electron chi connectivity index (χ3n) is 3.01. The Morgan fingerprint density at radius 1 is 1.57 bits per heavy atom. The molecular weight excluding hydrogens is 170 g/mol. The van der Waals surface area contributed by atoms with Gasteiger partial charge in [0.05, 0.1) is 0 Å². The van der Waals surface area contributed by atoms with Crippen molar-refractivity contribution in [3.05, 3.63) is 41.5 Å². The van der Waals surface area contributed by atoms with E-state index in [4.69, 9.17) is 0 Å². The van der Waals surface area contributed by atoms with Crippen molar-refractivity contribution in [2.45, 2.75) is 19.4 Å². The van der Waals surface area contributed by atoms with Gasteiger partial charge < -0.3 is 0 Å². The number of benzene rings is 1. The van der Waals surface area contributed by atoms with Crippen LogP contribution in [0.15, 0.2) is 24.8 Å². The highest BCUT2D eigenvalue weighted by Gasteiger charge is 2.31. The van der Waals surface area contributed by atoms with Gasteiger partial charge in [-0.2, -0.15) is 0 Å². The van der Waals surface area contributed by atoms with Gasteiger partial charge in [-0.25, -0.2) is 0 Å². The van der Waals surface area contributed by atoms with Crippen LogP contribution in [0.25, 0.3) is 6.08 Å². The van der Waals surface area contributed by atoms with E-state index in [1.807, 2.05) is 6.08 Å². The van der Waals surface area contributed by atoms with Crippen LogP contribution in [-0.4, -0.2) is 18.5 Å². The summed E-state index contributed by atoms with van der Waals surface area (Å²) in [5, 5.41) is 0. The Bertz CT molecular complexity index is 354. The van der Waals surface area contributed by atoms with Gasteiger partial charge in [0.2, 0.25) is 0 Å². The molecule has 1 nitrogen and oxygen atoms in total. The minimum Gasteiger partial charge on any atom is -0.296 e. The van der Waals surface area contributed by atoms with E-state index in [2.05, 4.69) is 43.6 Å². The van der Waals surface area contributed by atoms with E-state index in [0.717, 1.165) is 6.42 Å². The Morgan fingerprint density at radius 3 is 2.79 bits per heavy atom. The van der Waals surface area contributed by atoms with E-state index in [1.165, 1.54) is 23.2 Å². The molecule has 74 valence electrons. The summed E-state index contributed by atoms with van der Waals surface area (Å²) < 4.78 is 0. The fourth-order valence-electron chi connectivity index (χ4n) is 1.92. The van der Waals surface area contributed by atoms with Crippen LogP contribution in [0.5, 0.6) is 0 Å². The van der Waals surface area contributed by atoms with Crippen LogP contribution in [0.1, 0.15) is 29.7 Å². The molecule has 0 bridgehead atoms. The van der Waals surface area contributed by atoms with Gasteiger partial charge in [0.1, 0.15) is 0 Å². The number of hydrogen-bond acceptors (Lipinski definition) is 1. The minimum absolute atomic E-state index is 0.666. The van der Waals surface area contributed by atoms with Crippen LogP contribution in [-0.2, 0) is 6.42 Å². The van der Waals surface area contributed by atoms with Crippen molar-refractivity contribution in [2.75, 3.05) is 13.6 Å². The molecule has 0 aliphatic carbocycles. The molecule has 1 aliphatic heterocycles. The van der Waals surface area contributed by atoms with Gasteiger partial charge in [-0.1, -0.05) is 37.8 Å². The molecule has 14 heavy (non-hydrogen) atoms. The summed E-state index contributed by atoms with van der Waals surface area (Å²) >= 11 is 0. The quantitative estimate of drug-likeness (QED) is 0.657. The molecule has 1 aliphatic rings. The zero-order chi connectivity index (χ0) is 10.1. The summed E-state index contributed by atoms with van der Waals surface area (Å²) in [7, 11) is 2.16. The van der Waals surface area contributed by atoms with Crippen molar-refractivity contribution in [2.24, 2.45) is 0 Å². The average Bonchev–Trinajstić information content (AvgIpc) is 2.94. The van der Waals surface area contributed by atoms with Crippen molar-refractivity contribution in [3.63, 3.8) is 0 Å². The zero-order valence-electron chi connectivity index (χ0n) is 8.96. The number of rotatable bonds is 3. The third kappa shape index (κ3) is 1.60. The summed E-state index contributed by atoms with van der Waals surface area (Å²) in [6.07, 6.45) is 3.03. The molecule has 2 atom stereocenters.